The van der Waals surface area contributed by atoms with Gasteiger partial charge in [0.05, 0.1) is 11.0 Å². The average Bonchev–Trinajstić information content (AvgIpc) is 2.27. The molecule has 0 atom stereocenters. The van der Waals surface area contributed by atoms with Crippen molar-refractivity contribution in [1.82, 2.24) is 9.97 Å². The first-order valence-corrected chi connectivity index (χ1v) is 5.11. The van der Waals surface area contributed by atoms with Crippen LogP contribution in [-0.4, -0.2) is 15.8 Å². The van der Waals surface area contributed by atoms with E-state index in [9.17, 15) is 4.79 Å². The van der Waals surface area contributed by atoms with Gasteiger partial charge in [0.2, 0.25) is 0 Å². The lowest BCUT2D eigenvalue weighted by atomic mass is 9.90. The first-order chi connectivity index (χ1) is 7.34. The van der Waals surface area contributed by atoms with E-state index in [2.05, 4.69) is 9.97 Å². The van der Waals surface area contributed by atoms with Gasteiger partial charge >= 0.3 is 0 Å². The largest absolute Gasteiger partial charge is 0.294 e. The number of fused-ring (bicyclic) bond motifs is 2. The molecule has 0 radical (unpaired) electrons. The first kappa shape index (κ1) is 8.53. The summed E-state index contributed by atoms with van der Waals surface area (Å²) in [6, 6.07) is 3.87. The Kier molecular flexibility index (Phi) is 1.78. The highest BCUT2D eigenvalue weighted by Gasteiger charge is 2.17. The number of hydrogen-bond donors (Lipinski definition) is 0. The van der Waals surface area contributed by atoms with Crippen molar-refractivity contribution < 1.29 is 4.79 Å². The molecule has 0 unspecified atom stereocenters. The predicted octanol–water partition coefficient (Wildman–Crippen LogP) is 2.15. The second-order valence-corrected chi connectivity index (χ2v) is 3.83. The topological polar surface area (TPSA) is 42.9 Å². The van der Waals surface area contributed by atoms with Crippen molar-refractivity contribution >= 4 is 16.8 Å². The van der Waals surface area contributed by atoms with Crippen LogP contribution in [0.2, 0.25) is 0 Å². The van der Waals surface area contributed by atoms with Gasteiger partial charge in [-0.25, -0.2) is 0 Å². The normalized spacial score (nSPS) is 15.3. The Labute approximate surface area is 87.2 Å². The molecule has 1 aromatic heterocycles. The number of ketones is 1. The average molecular weight is 198 g/mol. The number of aromatic nitrogens is 2. The number of carbonyl (C=O) groups excluding carboxylic acids is 1. The van der Waals surface area contributed by atoms with Crippen molar-refractivity contribution in [3.05, 3.63) is 35.7 Å². The zero-order valence-corrected chi connectivity index (χ0v) is 8.23. The Morgan fingerprint density at radius 1 is 1.00 bits per heavy atom. The van der Waals surface area contributed by atoms with Gasteiger partial charge in [0.1, 0.15) is 0 Å². The quantitative estimate of drug-likeness (QED) is 0.651. The van der Waals surface area contributed by atoms with Gasteiger partial charge < -0.3 is 0 Å². The van der Waals surface area contributed by atoms with Crippen LogP contribution in [-0.2, 0) is 6.42 Å². The highest BCUT2D eigenvalue weighted by atomic mass is 16.1. The van der Waals surface area contributed by atoms with E-state index >= 15 is 0 Å². The van der Waals surface area contributed by atoms with Crippen molar-refractivity contribution in [2.24, 2.45) is 0 Å². The second-order valence-electron chi connectivity index (χ2n) is 3.83. The molecule has 1 heterocycles. The molecule has 1 aromatic carbocycles. The molecule has 2 aromatic rings. The highest BCUT2D eigenvalue weighted by molar-refractivity contribution is 6.01. The van der Waals surface area contributed by atoms with Crippen molar-refractivity contribution in [3.63, 3.8) is 0 Å². The number of nitrogens with zero attached hydrogens (tertiary/aromatic N) is 2. The van der Waals surface area contributed by atoms with Gasteiger partial charge in [0.25, 0.3) is 0 Å². The number of Topliss-reactive ketones (excluding diaryl/α,β-unsaturated/α-hetero) is 1. The van der Waals surface area contributed by atoms with Gasteiger partial charge in [-0.1, -0.05) is 0 Å². The Bertz CT molecular complexity index is 548. The van der Waals surface area contributed by atoms with Crippen molar-refractivity contribution in [1.29, 1.82) is 0 Å². The summed E-state index contributed by atoms with van der Waals surface area (Å²) in [6.45, 7) is 0. The fraction of sp³-hybridized carbons (Fsp3) is 0.250. The smallest absolute Gasteiger partial charge is 0.163 e. The van der Waals surface area contributed by atoms with Crippen LogP contribution >= 0.6 is 0 Å². The third kappa shape index (κ3) is 1.31. The van der Waals surface area contributed by atoms with E-state index in [4.69, 9.17) is 0 Å². The first-order valence-electron chi connectivity index (χ1n) is 5.11. The van der Waals surface area contributed by atoms with Crippen LogP contribution in [0.1, 0.15) is 28.8 Å². The highest BCUT2D eigenvalue weighted by Crippen LogP contribution is 2.24. The maximum absolute atomic E-state index is 11.7. The maximum Gasteiger partial charge on any atom is 0.163 e. The minimum absolute atomic E-state index is 0.240. The molecule has 0 N–H and O–H groups in total. The minimum atomic E-state index is 0.240. The summed E-state index contributed by atoms with van der Waals surface area (Å²) in [6.07, 6.45) is 5.94. The predicted molar refractivity (Wildman–Crippen MR) is 56.8 cm³/mol. The van der Waals surface area contributed by atoms with Crippen molar-refractivity contribution in [3.8, 4) is 0 Å². The summed E-state index contributed by atoms with van der Waals surface area (Å²) < 4.78 is 0. The lowest BCUT2D eigenvalue weighted by Gasteiger charge is -2.14. The standard InChI is InChI=1S/C12H10N2O/c15-12-3-1-2-8-6-10-11(7-9(8)12)14-5-4-13-10/h4-7H,1-3H2. The van der Waals surface area contributed by atoms with Crippen LogP contribution in [0.3, 0.4) is 0 Å². The van der Waals surface area contributed by atoms with E-state index in [1.807, 2.05) is 12.1 Å². The van der Waals surface area contributed by atoms with Crippen molar-refractivity contribution in [2.75, 3.05) is 0 Å². The van der Waals surface area contributed by atoms with Gasteiger partial charge in [-0.3, -0.25) is 14.8 Å². The zero-order valence-electron chi connectivity index (χ0n) is 8.23. The summed E-state index contributed by atoms with van der Waals surface area (Å²) in [7, 11) is 0. The molecule has 15 heavy (non-hydrogen) atoms. The third-order valence-corrected chi connectivity index (χ3v) is 2.84. The molecule has 0 aliphatic heterocycles. The third-order valence-electron chi connectivity index (χ3n) is 2.84. The number of aryl methyl sites for hydroxylation is 1. The Morgan fingerprint density at radius 3 is 2.53 bits per heavy atom. The molecule has 3 rings (SSSR count). The maximum atomic E-state index is 11.7. The summed E-state index contributed by atoms with van der Waals surface area (Å²) in [5.41, 5.74) is 3.66. The van der Waals surface area contributed by atoms with Crippen LogP contribution in [0.25, 0.3) is 11.0 Å². The fourth-order valence-corrected chi connectivity index (χ4v) is 2.09. The zero-order chi connectivity index (χ0) is 10.3. The molecule has 0 saturated carbocycles. The summed E-state index contributed by atoms with van der Waals surface area (Å²) in [4.78, 5) is 20.1. The molecule has 74 valence electrons. The Hall–Kier alpha value is -1.77. The van der Waals surface area contributed by atoms with Crippen LogP contribution in [0.15, 0.2) is 24.5 Å². The molecule has 1 aliphatic rings. The van der Waals surface area contributed by atoms with E-state index in [0.29, 0.717) is 6.42 Å². The molecular weight excluding hydrogens is 188 g/mol. The van der Waals surface area contributed by atoms with Crippen LogP contribution < -0.4 is 0 Å². The molecule has 0 fully saturated rings. The lowest BCUT2D eigenvalue weighted by molar-refractivity contribution is 0.0972. The fourth-order valence-electron chi connectivity index (χ4n) is 2.09. The molecule has 0 saturated heterocycles. The van der Waals surface area contributed by atoms with Gasteiger partial charge in [-0.05, 0) is 30.5 Å². The van der Waals surface area contributed by atoms with E-state index in [0.717, 1.165) is 35.0 Å². The Morgan fingerprint density at radius 2 is 1.73 bits per heavy atom. The van der Waals surface area contributed by atoms with Gasteiger partial charge in [-0.15, -0.1) is 0 Å². The molecule has 0 amide bonds. The molecular formula is C12H10N2O. The monoisotopic (exact) mass is 198 g/mol. The van der Waals surface area contributed by atoms with E-state index in [1.54, 1.807) is 12.4 Å². The number of carbonyl (C=O) groups is 1. The van der Waals surface area contributed by atoms with Gasteiger partial charge in [0.15, 0.2) is 5.78 Å². The van der Waals surface area contributed by atoms with Gasteiger partial charge in [-0.2, -0.15) is 0 Å². The second kappa shape index (κ2) is 3.12. The SMILES string of the molecule is O=C1CCCc2cc3nccnc3cc21. The number of hydrogen-bond acceptors (Lipinski definition) is 3. The summed E-state index contributed by atoms with van der Waals surface area (Å²) in [5.74, 6) is 0.240. The minimum Gasteiger partial charge on any atom is -0.294 e. The van der Waals surface area contributed by atoms with E-state index in [1.165, 1.54) is 0 Å². The Balaban J connectivity index is 2.32. The van der Waals surface area contributed by atoms with Crippen LogP contribution in [0.5, 0.6) is 0 Å². The van der Waals surface area contributed by atoms with E-state index in [-0.39, 0.29) is 5.78 Å². The number of benzene rings is 1. The molecule has 0 spiro atoms. The van der Waals surface area contributed by atoms with Crippen LogP contribution in [0.4, 0.5) is 0 Å². The molecule has 3 heteroatoms. The molecule has 1 aliphatic carbocycles. The van der Waals surface area contributed by atoms with Crippen LogP contribution in [0, 0.1) is 0 Å². The molecule has 0 bridgehead atoms. The van der Waals surface area contributed by atoms with E-state index < -0.39 is 0 Å². The summed E-state index contributed by atoms with van der Waals surface area (Å²) in [5, 5.41) is 0. The number of rotatable bonds is 0. The van der Waals surface area contributed by atoms with Crippen molar-refractivity contribution in [2.45, 2.75) is 19.3 Å². The summed E-state index contributed by atoms with van der Waals surface area (Å²) >= 11 is 0. The molecule has 3 nitrogen and oxygen atoms in total. The van der Waals surface area contributed by atoms with Gasteiger partial charge in [0, 0.05) is 24.4 Å². The lowest BCUT2D eigenvalue weighted by Crippen LogP contribution is -2.10.